The standard InChI is InChI=1S/C13H13BrClNO2/c1-4-18-13-8-5-9(15)11(17-3)6-10(8)16-7(2)12(13)14/h5-6H,4H2,1-3H3. The first-order valence-electron chi connectivity index (χ1n) is 5.54. The van der Waals surface area contributed by atoms with Crippen molar-refractivity contribution in [3.63, 3.8) is 0 Å². The van der Waals surface area contributed by atoms with E-state index in [1.165, 1.54) is 0 Å². The number of halogens is 2. The smallest absolute Gasteiger partial charge is 0.144 e. The third-order valence-corrected chi connectivity index (χ3v) is 3.84. The molecule has 0 bridgehead atoms. The molecule has 0 N–H and O–H groups in total. The fraction of sp³-hybridized carbons (Fsp3) is 0.308. The number of aryl methyl sites for hydroxylation is 1. The SMILES string of the molecule is CCOc1c(Br)c(C)nc2cc(OC)c(Cl)cc12. The van der Waals surface area contributed by atoms with E-state index < -0.39 is 0 Å². The summed E-state index contributed by atoms with van der Waals surface area (Å²) in [6, 6.07) is 3.64. The Morgan fingerprint density at radius 3 is 2.72 bits per heavy atom. The number of benzene rings is 1. The molecule has 0 aliphatic carbocycles. The summed E-state index contributed by atoms with van der Waals surface area (Å²) in [5.74, 6) is 1.38. The zero-order valence-electron chi connectivity index (χ0n) is 10.4. The van der Waals surface area contributed by atoms with Crippen molar-refractivity contribution in [3.05, 3.63) is 27.3 Å². The van der Waals surface area contributed by atoms with Crippen molar-refractivity contribution in [1.82, 2.24) is 4.98 Å². The lowest BCUT2D eigenvalue weighted by molar-refractivity contribution is 0.341. The van der Waals surface area contributed by atoms with Gasteiger partial charge in [0.2, 0.25) is 0 Å². The van der Waals surface area contributed by atoms with Crippen LogP contribution in [0.4, 0.5) is 0 Å². The topological polar surface area (TPSA) is 31.4 Å². The fourth-order valence-electron chi connectivity index (χ4n) is 1.77. The van der Waals surface area contributed by atoms with E-state index in [9.17, 15) is 0 Å². The summed E-state index contributed by atoms with van der Waals surface area (Å²) >= 11 is 9.64. The molecule has 5 heteroatoms. The maximum Gasteiger partial charge on any atom is 0.144 e. The number of pyridine rings is 1. The Labute approximate surface area is 119 Å². The molecule has 0 aliphatic rings. The summed E-state index contributed by atoms with van der Waals surface area (Å²) in [5.41, 5.74) is 1.68. The van der Waals surface area contributed by atoms with E-state index in [2.05, 4.69) is 20.9 Å². The van der Waals surface area contributed by atoms with Crippen LogP contribution < -0.4 is 9.47 Å². The Hall–Kier alpha value is -1.00. The average Bonchev–Trinajstić information content (AvgIpc) is 2.35. The van der Waals surface area contributed by atoms with E-state index in [-0.39, 0.29) is 0 Å². The van der Waals surface area contributed by atoms with E-state index in [0.29, 0.717) is 17.4 Å². The van der Waals surface area contributed by atoms with Crippen molar-refractivity contribution in [1.29, 1.82) is 0 Å². The van der Waals surface area contributed by atoms with Crippen LogP contribution >= 0.6 is 27.5 Å². The van der Waals surface area contributed by atoms with Gasteiger partial charge in [-0.25, -0.2) is 0 Å². The average molecular weight is 331 g/mol. The molecule has 0 radical (unpaired) electrons. The van der Waals surface area contributed by atoms with Crippen LogP contribution in [0.5, 0.6) is 11.5 Å². The van der Waals surface area contributed by atoms with Crippen LogP contribution in [-0.2, 0) is 0 Å². The first kappa shape index (κ1) is 13.4. The van der Waals surface area contributed by atoms with E-state index in [1.807, 2.05) is 26.0 Å². The van der Waals surface area contributed by atoms with Gasteiger partial charge in [-0.05, 0) is 35.8 Å². The van der Waals surface area contributed by atoms with E-state index >= 15 is 0 Å². The maximum atomic E-state index is 6.14. The Morgan fingerprint density at radius 1 is 1.39 bits per heavy atom. The highest BCUT2D eigenvalue weighted by atomic mass is 79.9. The van der Waals surface area contributed by atoms with Gasteiger partial charge in [-0.3, -0.25) is 4.98 Å². The number of rotatable bonds is 3. The molecule has 1 heterocycles. The summed E-state index contributed by atoms with van der Waals surface area (Å²) in [4.78, 5) is 4.50. The number of fused-ring (bicyclic) bond motifs is 1. The number of hydrogen-bond donors (Lipinski definition) is 0. The lowest BCUT2D eigenvalue weighted by atomic mass is 10.1. The summed E-state index contributed by atoms with van der Waals surface area (Å²) in [6.45, 7) is 4.45. The van der Waals surface area contributed by atoms with Crippen molar-refractivity contribution < 1.29 is 9.47 Å². The predicted octanol–water partition coefficient (Wildman–Crippen LogP) is 4.37. The molecule has 0 aliphatic heterocycles. The van der Waals surface area contributed by atoms with Gasteiger partial charge in [0, 0.05) is 11.5 Å². The highest BCUT2D eigenvalue weighted by Crippen LogP contribution is 2.39. The molecule has 2 aromatic rings. The molecule has 1 aromatic heterocycles. The van der Waals surface area contributed by atoms with Gasteiger partial charge in [-0.2, -0.15) is 0 Å². The zero-order valence-corrected chi connectivity index (χ0v) is 12.7. The van der Waals surface area contributed by atoms with Crippen LogP contribution in [0.25, 0.3) is 10.9 Å². The Kier molecular flexibility index (Phi) is 3.97. The van der Waals surface area contributed by atoms with Crippen LogP contribution in [0.15, 0.2) is 16.6 Å². The third kappa shape index (κ3) is 2.27. The second-order valence-corrected chi connectivity index (χ2v) is 4.98. The van der Waals surface area contributed by atoms with Crippen molar-refractivity contribution >= 4 is 38.4 Å². The lowest BCUT2D eigenvalue weighted by Crippen LogP contribution is -1.98. The highest BCUT2D eigenvalue weighted by molar-refractivity contribution is 9.10. The Bertz CT molecular complexity index is 601. The van der Waals surface area contributed by atoms with Gasteiger partial charge in [0.25, 0.3) is 0 Å². The molecule has 0 amide bonds. The lowest BCUT2D eigenvalue weighted by Gasteiger charge is -2.13. The van der Waals surface area contributed by atoms with Gasteiger partial charge < -0.3 is 9.47 Å². The molecule has 3 nitrogen and oxygen atoms in total. The predicted molar refractivity (Wildman–Crippen MR) is 76.9 cm³/mol. The van der Waals surface area contributed by atoms with Crippen LogP contribution in [0.3, 0.4) is 0 Å². The van der Waals surface area contributed by atoms with E-state index in [0.717, 1.165) is 26.8 Å². The first-order valence-corrected chi connectivity index (χ1v) is 6.71. The quantitative estimate of drug-likeness (QED) is 0.837. The van der Waals surface area contributed by atoms with Crippen LogP contribution in [0.1, 0.15) is 12.6 Å². The van der Waals surface area contributed by atoms with Crippen LogP contribution in [0, 0.1) is 6.92 Å². The molecule has 1 aromatic carbocycles. The molecule has 2 rings (SSSR count). The summed E-state index contributed by atoms with van der Waals surface area (Å²) in [7, 11) is 1.59. The number of nitrogens with zero attached hydrogens (tertiary/aromatic N) is 1. The van der Waals surface area contributed by atoms with Gasteiger partial charge in [0.15, 0.2) is 0 Å². The minimum Gasteiger partial charge on any atom is -0.495 e. The zero-order chi connectivity index (χ0) is 13.3. The van der Waals surface area contributed by atoms with Crippen molar-refractivity contribution in [2.75, 3.05) is 13.7 Å². The van der Waals surface area contributed by atoms with Crippen molar-refractivity contribution in [2.24, 2.45) is 0 Å². The second kappa shape index (κ2) is 5.33. The molecule has 18 heavy (non-hydrogen) atoms. The molecule has 0 atom stereocenters. The van der Waals surface area contributed by atoms with Gasteiger partial charge in [0.1, 0.15) is 11.5 Å². The van der Waals surface area contributed by atoms with Crippen LogP contribution in [0.2, 0.25) is 5.02 Å². The third-order valence-electron chi connectivity index (χ3n) is 2.61. The maximum absolute atomic E-state index is 6.14. The van der Waals surface area contributed by atoms with Crippen molar-refractivity contribution in [2.45, 2.75) is 13.8 Å². The van der Waals surface area contributed by atoms with Gasteiger partial charge >= 0.3 is 0 Å². The molecule has 0 fully saturated rings. The summed E-state index contributed by atoms with van der Waals surface area (Å²) in [5, 5.41) is 1.42. The molecule has 0 unspecified atom stereocenters. The van der Waals surface area contributed by atoms with Crippen LogP contribution in [-0.4, -0.2) is 18.7 Å². The number of ether oxygens (including phenoxy) is 2. The molecule has 0 spiro atoms. The summed E-state index contributed by atoms with van der Waals surface area (Å²) in [6.07, 6.45) is 0. The van der Waals surface area contributed by atoms with E-state index in [1.54, 1.807) is 7.11 Å². The Morgan fingerprint density at radius 2 is 2.11 bits per heavy atom. The Balaban J connectivity index is 2.79. The largest absolute Gasteiger partial charge is 0.495 e. The number of methoxy groups -OCH3 is 1. The fourth-order valence-corrected chi connectivity index (χ4v) is 2.43. The normalized spacial score (nSPS) is 10.7. The van der Waals surface area contributed by atoms with Crippen molar-refractivity contribution in [3.8, 4) is 11.5 Å². The number of aromatic nitrogens is 1. The minimum atomic E-state index is 0.545. The summed E-state index contributed by atoms with van der Waals surface area (Å²) < 4.78 is 11.7. The van der Waals surface area contributed by atoms with Gasteiger partial charge in [0.05, 0.1) is 34.4 Å². The number of hydrogen-bond acceptors (Lipinski definition) is 3. The van der Waals surface area contributed by atoms with Gasteiger partial charge in [-0.1, -0.05) is 11.6 Å². The monoisotopic (exact) mass is 329 g/mol. The highest BCUT2D eigenvalue weighted by Gasteiger charge is 2.14. The molecule has 0 saturated carbocycles. The van der Waals surface area contributed by atoms with Gasteiger partial charge in [-0.15, -0.1) is 0 Å². The van der Waals surface area contributed by atoms with E-state index in [4.69, 9.17) is 21.1 Å². The molecular weight excluding hydrogens is 318 g/mol. The molecular formula is C13H13BrClNO2. The second-order valence-electron chi connectivity index (χ2n) is 3.78. The molecule has 96 valence electrons. The first-order chi connectivity index (χ1) is 8.58. The molecule has 0 saturated heterocycles. The minimum absolute atomic E-state index is 0.545.